The maximum Gasteiger partial charge on any atom is 0.0416 e. The fraction of sp³-hybridized carbons (Fsp3) is 0.462. The Balaban J connectivity index is 2.13. The van der Waals surface area contributed by atoms with Crippen LogP contribution in [-0.2, 0) is 6.42 Å². The van der Waals surface area contributed by atoms with Crippen LogP contribution < -0.4 is 5.32 Å². The van der Waals surface area contributed by atoms with Gasteiger partial charge in [0.2, 0.25) is 0 Å². The molecular formula is C13H20N2. The Morgan fingerprint density at radius 2 is 2.40 bits per heavy atom. The molecule has 0 aromatic carbocycles. The lowest BCUT2D eigenvalue weighted by Gasteiger charge is -2.12. The van der Waals surface area contributed by atoms with Crippen molar-refractivity contribution in [3.8, 4) is 0 Å². The van der Waals surface area contributed by atoms with Crippen molar-refractivity contribution in [2.45, 2.75) is 32.2 Å². The largest absolute Gasteiger partial charge is 0.314 e. The number of nitrogens with one attached hydrogen (secondary N) is 1. The van der Waals surface area contributed by atoms with Gasteiger partial charge in [0.05, 0.1) is 0 Å². The van der Waals surface area contributed by atoms with Crippen LogP contribution in [0, 0.1) is 0 Å². The SMILES string of the molecule is C=CCCC(C)NCCc1ccccn1. The summed E-state index contributed by atoms with van der Waals surface area (Å²) >= 11 is 0. The number of allylic oxidation sites excluding steroid dienone is 1. The van der Waals surface area contributed by atoms with Gasteiger partial charge in [-0.15, -0.1) is 6.58 Å². The summed E-state index contributed by atoms with van der Waals surface area (Å²) in [6, 6.07) is 6.61. The first kappa shape index (κ1) is 11.9. The van der Waals surface area contributed by atoms with E-state index in [1.807, 2.05) is 24.4 Å². The van der Waals surface area contributed by atoms with E-state index in [4.69, 9.17) is 0 Å². The molecule has 0 amide bonds. The molecule has 0 saturated heterocycles. The summed E-state index contributed by atoms with van der Waals surface area (Å²) in [6.45, 7) is 6.93. The van der Waals surface area contributed by atoms with Gasteiger partial charge in [0.15, 0.2) is 0 Å². The average Bonchev–Trinajstić information content (AvgIpc) is 2.28. The van der Waals surface area contributed by atoms with E-state index in [-0.39, 0.29) is 0 Å². The molecule has 1 unspecified atom stereocenters. The van der Waals surface area contributed by atoms with E-state index in [9.17, 15) is 0 Å². The highest BCUT2D eigenvalue weighted by molar-refractivity contribution is 5.03. The third-order valence-corrected chi connectivity index (χ3v) is 2.40. The van der Waals surface area contributed by atoms with Crippen LogP contribution in [0.2, 0.25) is 0 Å². The Labute approximate surface area is 92.4 Å². The molecule has 0 radical (unpaired) electrons. The van der Waals surface area contributed by atoms with Crippen LogP contribution in [-0.4, -0.2) is 17.6 Å². The van der Waals surface area contributed by atoms with Crippen molar-refractivity contribution in [1.29, 1.82) is 0 Å². The van der Waals surface area contributed by atoms with Crippen LogP contribution >= 0.6 is 0 Å². The number of hydrogen-bond donors (Lipinski definition) is 1. The zero-order chi connectivity index (χ0) is 10.9. The summed E-state index contributed by atoms with van der Waals surface area (Å²) in [5, 5.41) is 3.48. The second-order valence-electron chi connectivity index (χ2n) is 3.79. The van der Waals surface area contributed by atoms with Gasteiger partial charge in [-0.05, 0) is 31.9 Å². The lowest BCUT2D eigenvalue weighted by molar-refractivity contribution is 0.520. The van der Waals surface area contributed by atoms with E-state index in [1.165, 1.54) is 0 Å². The van der Waals surface area contributed by atoms with Gasteiger partial charge in [-0.3, -0.25) is 4.98 Å². The normalized spacial score (nSPS) is 12.3. The molecule has 1 rings (SSSR count). The minimum absolute atomic E-state index is 0.562. The quantitative estimate of drug-likeness (QED) is 0.690. The Morgan fingerprint density at radius 3 is 3.07 bits per heavy atom. The molecule has 1 aromatic heterocycles. The van der Waals surface area contributed by atoms with Gasteiger partial charge in [-0.1, -0.05) is 12.1 Å². The molecule has 0 spiro atoms. The Bertz CT molecular complexity index is 269. The summed E-state index contributed by atoms with van der Waals surface area (Å²) in [5.74, 6) is 0. The smallest absolute Gasteiger partial charge is 0.0416 e. The minimum Gasteiger partial charge on any atom is -0.314 e. The summed E-state index contributed by atoms with van der Waals surface area (Å²) in [6.07, 6.45) is 7.05. The number of aromatic nitrogens is 1. The first-order valence-electron chi connectivity index (χ1n) is 5.57. The maximum atomic E-state index is 4.28. The van der Waals surface area contributed by atoms with Crippen molar-refractivity contribution in [3.63, 3.8) is 0 Å². The zero-order valence-corrected chi connectivity index (χ0v) is 9.45. The summed E-state index contributed by atoms with van der Waals surface area (Å²) < 4.78 is 0. The maximum absolute atomic E-state index is 4.28. The van der Waals surface area contributed by atoms with Crippen molar-refractivity contribution in [3.05, 3.63) is 42.7 Å². The van der Waals surface area contributed by atoms with Crippen LogP contribution in [0.25, 0.3) is 0 Å². The Morgan fingerprint density at radius 1 is 1.53 bits per heavy atom. The van der Waals surface area contributed by atoms with Crippen LogP contribution in [0.15, 0.2) is 37.1 Å². The third-order valence-electron chi connectivity index (χ3n) is 2.40. The molecule has 2 heteroatoms. The van der Waals surface area contributed by atoms with Crippen molar-refractivity contribution >= 4 is 0 Å². The summed E-state index contributed by atoms with van der Waals surface area (Å²) in [4.78, 5) is 4.28. The van der Waals surface area contributed by atoms with E-state index < -0.39 is 0 Å². The predicted octanol–water partition coefficient (Wildman–Crippen LogP) is 2.57. The molecule has 82 valence electrons. The molecule has 1 atom stereocenters. The van der Waals surface area contributed by atoms with E-state index in [2.05, 4.69) is 29.9 Å². The van der Waals surface area contributed by atoms with Gasteiger partial charge >= 0.3 is 0 Å². The highest BCUT2D eigenvalue weighted by Crippen LogP contribution is 1.98. The van der Waals surface area contributed by atoms with Crippen molar-refractivity contribution < 1.29 is 0 Å². The first-order valence-corrected chi connectivity index (χ1v) is 5.57. The van der Waals surface area contributed by atoms with Crippen LogP contribution in [0.4, 0.5) is 0 Å². The molecule has 15 heavy (non-hydrogen) atoms. The van der Waals surface area contributed by atoms with Crippen LogP contribution in [0.5, 0.6) is 0 Å². The molecule has 0 aliphatic carbocycles. The summed E-state index contributed by atoms with van der Waals surface area (Å²) in [5.41, 5.74) is 1.15. The molecule has 0 saturated carbocycles. The van der Waals surface area contributed by atoms with Crippen LogP contribution in [0.1, 0.15) is 25.5 Å². The Hall–Kier alpha value is -1.15. The van der Waals surface area contributed by atoms with E-state index in [1.54, 1.807) is 0 Å². The minimum atomic E-state index is 0.562. The number of rotatable bonds is 7. The topological polar surface area (TPSA) is 24.9 Å². The Kier molecular flexibility index (Phi) is 5.71. The number of hydrogen-bond acceptors (Lipinski definition) is 2. The molecular weight excluding hydrogens is 184 g/mol. The van der Waals surface area contributed by atoms with Crippen molar-refractivity contribution in [2.75, 3.05) is 6.54 Å². The first-order chi connectivity index (χ1) is 7.33. The summed E-state index contributed by atoms with van der Waals surface area (Å²) in [7, 11) is 0. The number of nitrogens with zero attached hydrogens (tertiary/aromatic N) is 1. The molecule has 1 N–H and O–H groups in total. The fourth-order valence-corrected chi connectivity index (χ4v) is 1.46. The highest BCUT2D eigenvalue weighted by Gasteiger charge is 1.99. The van der Waals surface area contributed by atoms with Crippen LogP contribution in [0.3, 0.4) is 0 Å². The molecule has 0 bridgehead atoms. The second-order valence-corrected chi connectivity index (χ2v) is 3.79. The van der Waals surface area contributed by atoms with Gasteiger partial charge in [0.1, 0.15) is 0 Å². The predicted molar refractivity (Wildman–Crippen MR) is 64.8 cm³/mol. The third kappa shape index (κ3) is 5.33. The van der Waals surface area contributed by atoms with E-state index in [0.717, 1.165) is 31.5 Å². The highest BCUT2D eigenvalue weighted by atomic mass is 14.9. The molecule has 1 heterocycles. The lowest BCUT2D eigenvalue weighted by atomic mass is 10.2. The van der Waals surface area contributed by atoms with E-state index in [0.29, 0.717) is 6.04 Å². The van der Waals surface area contributed by atoms with Crippen molar-refractivity contribution in [2.24, 2.45) is 0 Å². The van der Waals surface area contributed by atoms with Gasteiger partial charge in [-0.25, -0.2) is 0 Å². The molecule has 0 aliphatic heterocycles. The molecule has 2 nitrogen and oxygen atoms in total. The number of pyridine rings is 1. The molecule has 1 aromatic rings. The molecule has 0 aliphatic rings. The monoisotopic (exact) mass is 204 g/mol. The average molecular weight is 204 g/mol. The van der Waals surface area contributed by atoms with E-state index >= 15 is 0 Å². The van der Waals surface area contributed by atoms with Gasteiger partial charge in [-0.2, -0.15) is 0 Å². The fourth-order valence-electron chi connectivity index (χ4n) is 1.46. The van der Waals surface area contributed by atoms with Gasteiger partial charge in [0, 0.05) is 30.9 Å². The van der Waals surface area contributed by atoms with Gasteiger partial charge in [0.25, 0.3) is 0 Å². The standard InChI is InChI=1S/C13H20N2/c1-3-4-7-12(2)14-11-9-13-8-5-6-10-15-13/h3,5-6,8,10,12,14H,1,4,7,9,11H2,2H3. The van der Waals surface area contributed by atoms with Gasteiger partial charge < -0.3 is 5.32 Å². The zero-order valence-electron chi connectivity index (χ0n) is 9.45. The van der Waals surface area contributed by atoms with Crippen molar-refractivity contribution in [1.82, 2.24) is 10.3 Å². The molecule has 0 fully saturated rings. The second kappa shape index (κ2) is 7.18. The lowest BCUT2D eigenvalue weighted by Crippen LogP contribution is -2.28.